The zero-order valence-corrected chi connectivity index (χ0v) is 9.17. The average Bonchev–Trinajstić information content (AvgIpc) is 2.25. The lowest BCUT2D eigenvalue weighted by atomic mass is 10.0. The lowest BCUT2D eigenvalue weighted by Gasteiger charge is -2.28. The molecule has 1 aromatic carbocycles. The first kappa shape index (κ1) is 11.3. The summed E-state index contributed by atoms with van der Waals surface area (Å²) in [7, 11) is 0. The summed E-state index contributed by atoms with van der Waals surface area (Å²) in [5, 5.41) is 3.03. The van der Waals surface area contributed by atoms with Crippen LogP contribution in [0.25, 0.3) is 0 Å². The number of ether oxygens (including phenoxy) is 1. The van der Waals surface area contributed by atoms with E-state index >= 15 is 0 Å². The Balaban J connectivity index is 2.05. The normalized spacial score (nSPS) is 25.4. The van der Waals surface area contributed by atoms with E-state index in [2.05, 4.69) is 5.32 Å². The molecule has 2 rings (SSSR count). The molecule has 4 heteroatoms. The van der Waals surface area contributed by atoms with Gasteiger partial charge in [0.05, 0.1) is 11.8 Å². The van der Waals surface area contributed by atoms with Gasteiger partial charge in [0.15, 0.2) is 11.6 Å². The molecule has 1 aliphatic rings. The van der Waals surface area contributed by atoms with Crippen LogP contribution in [-0.2, 0) is 4.74 Å². The molecular formula is C12H15F2NO. The molecule has 0 bridgehead atoms. The maximum atomic E-state index is 13.4. The van der Waals surface area contributed by atoms with Gasteiger partial charge in [0.2, 0.25) is 0 Å². The molecule has 1 heterocycles. The predicted octanol–water partition coefficient (Wildman–Crippen LogP) is 2.94. The Morgan fingerprint density at radius 1 is 1.38 bits per heavy atom. The van der Waals surface area contributed by atoms with Gasteiger partial charge in [-0.1, -0.05) is 6.07 Å². The summed E-state index contributed by atoms with van der Waals surface area (Å²) in [6.07, 6.45) is 1.80. The second-order valence-corrected chi connectivity index (χ2v) is 4.15. The van der Waals surface area contributed by atoms with Crippen molar-refractivity contribution in [3.05, 3.63) is 29.8 Å². The minimum Gasteiger partial charge on any atom is -0.380 e. The van der Waals surface area contributed by atoms with Gasteiger partial charge in [-0.3, -0.25) is 0 Å². The smallest absolute Gasteiger partial charge is 0.181 e. The molecular weight excluding hydrogens is 212 g/mol. The van der Waals surface area contributed by atoms with Crippen molar-refractivity contribution in [3.8, 4) is 0 Å². The summed E-state index contributed by atoms with van der Waals surface area (Å²) in [6.45, 7) is 2.64. The first-order valence-corrected chi connectivity index (χ1v) is 5.49. The topological polar surface area (TPSA) is 21.3 Å². The molecule has 0 aromatic heterocycles. The molecule has 0 radical (unpaired) electrons. The highest BCUT2D eigenvalue weighted by Crippen LogP contribution is 2.22. The zero-order chi connectivity index (χ0) is 11.5. The van der Waals surface area contributed by atoms with E-state index in [1.54, 1.807) is 6.07 Å². The Morgan fingerprint density at radius 3 is 2.94 bits per heavy atom. The predicted molar refractivity (Wildman–Crippen MR) is 58.4 cm³/mol. The van der Waals surface area contributed by atoms with Crippen LogP contribution in [0, 0.1) is 11.6 Å². The number of anilines is 1. The molecule has 0 amide bonds. The van der Waals surface area contributed by atoms with E-state index < -0.39 is 11.6 Å². The average molecular weight is 227 g/mol. The lowest BCUT2D eigenvalue weighted by molar-refractivity contribution is 0.0232. The van der Waals surface area contributed by atoms with Gasteiger partial charge in [-0.15, -0.1) is 0 Å². The molecule has 1 aromatic rings. The van der Waals surface area contributed by atoms with Gasteiger partial charge in [0, 0.05) is 12.6 Å². The molecule has 2 atom stereocenters. The van der Waals surface area contributed by atoms with Gasteiger partial charge in [-0.05, 0) is 31.9 Å². The van der Waals surface area contributed by atoms with Crippen LogP contribution >= 0.6 is 0 Å². The molecule has 1 aliphatic heterocycles. The Morgan fingerprint density at radius 2 is 2.19 bits per heavy atom. The molecule has 0 saturated carbocycles. The highest BCUT2D eigenvalue weighted by molar-refractivity contribution is 5.45. The zero-order valence-electron chi connectivity index (χ0n) is 9.17. The van der Waals surface area contributed by atoms with E-state index in [1.807, 2.05) is 6.92 Å². The van der Waals surface area contributed by atoms with Gasteiger partial charge in [0.1, 0.15) is 0 Å². The minimum atomic E-state index is -0.815. The number of rotatable bonds is 2. The van der Waals surface area contributed by atoms with Gasteiger partial charge in [-0.25, -0.2) is 8.78 Å². The van der Waals surface area contributed by atoms with Crippen molar-refractivity contribution in [3.63, 3.8) is 0 Å². The van der Waals surface area contributed by atoms with Crippen molar-refractivity contribution in [2.75, 3.05) is 11.9 Å². The monoisotopic (exact) mass is 227 g/mol. The first-order chi connectivity index (χ1) is 7.66. The quantitative estimate of drug-likeness (QED) is 0.838. The van der Waals surface area contributed by atoms with Crippen molar-refractivity contribution < 1.29 is 13.5 Å². The summed E-state index contributed by atoms with van der Waals surface area (Å²) < 4.78 is 31.7. The van der Waals surface area contributed by atoms with Crippen LogP contribution in [0.5, 0.6) is 0 Å². The Kier molecular flexibility index (Phi) is 3.39. The molecule has 0 aliphatic carbocycles. The summed E-state index contributed by atoms with van der Waals surface area (Å²) >= 11 is 0. The number of halogens is 2. The second kappa shape index (κ2) is 4.78. The molecule has 0 spiro atoms. The lowest BCUT2D eigenvalue weighted by Crippen LogP contribution is -2.32. The van der Waals surface area contributed by atoms with Crippen molar-refractivity contribution >= 4 is 5.69 Å². The summed E-state index contributed by atoms with van der Waals surface area (Å²) in [5.74, 6) is -1.62. The molecule has 88 valence electrons. The third-order valence-corrected chi connectivity index (χ3v) is 2.80. The fourth-order valence-electron chi connectivity index (χ4n) is 1.96. The fraction of sp³-hybridized carbons (Fsp3) is 0.500. The molecule has 2 unspecified atom stereocenters. The Labute approximate surface area is 93.6 Å². The maximum Gasteiger partial charge on any atom is 0.181 e. The number of nitrogens with one attached hydrogen (secondary N) is 1. The molecule has 16 heavy (non-hydrogen) atoms. The fourth-order valence-corrected chi connectivity index (χ4v) is 1.96. The van der Waals surface area contributed by atoms with E-state index in [1.165, 1.54) is 6.07 Å². The third kappa shape index (κ3) is 2.50. The molecule has 1 saturated heterocycles. The van der Waals surface area contributed by atoms with Crippen molar-refractivity contribution in [2.24, 2.45) is 0 Å². The standard InChI is InChI=1S/C12H15F2NO/c1-8-7-9(5-6-16-8)15-11-4-2-3-10(13)12(11)14/h2-4,8-9,15H,5-7H2,1H3. The second-order valence-electron chi connectivity index (χ2n) is 4.15. The largest absolute Gasteiger partial charge is 0.380 e. The van der Waals surface area contributed by atoms with E-state index in [9.17, 15) is 8.78 Å². The molecule has 1 fully saturated rings. The van der Waals surface area contributed by atoms with E-state index in [-0.39, 0.29) is 17.8 Å². The highest BCUT2D eigenvalue weighted by atomic mass is 19.2. The Bertz CT molecular complexity index is 370. The van der Waals surface area contributed by atoms with Crippen LogP contribution in [0.2, 0.25) is 0 Å². The number of hydrogen-bond acceptors (Lipinski definition) is 2. The minimum absolute atomic E-state index is 0.153. The van der Waals surface area contributed by atoms with Crippen molar-refractivity contribution in [2.45, 2.75) is 31.9 Å². The summed E-state index contributed by atoms with van der Waals surface area (Å²) in [5.41, 5.74) is 0.235. The van der Waals surface area contributed by atoms with E-state index in [0.29, 0.717) is 6.61 Å². The summed E-state index contributed by atoms with van der Waals surface area (Å²) in [6, 6.07) is 4.33. The SMILES string of the molecule is CC1CC(Nc2cccc(F)c2F)CCO1. The van der Waals surface area contributed by atoms with Crippen LogP contribution < -0.4 is 5.32 Å². The number of hydrogen-bond donors (Lipinski definition) is 1. The van der Waals surface area contributed by atoms with Crippen molar-refractivity contribution in [1.29, 1.82) is 0 Å². The van der Waals surface area contributed by atoms with Crippen molar-refractivity contribution in [1.82, 2.24) is 0 Å². The van der Waals surface area contributed by atoms with Crippen LogP contribution in [-0.4, -0.2) is 18.8 Å². The van der Waals surface area contributed by atoms with Gasteiger partial charge < -0.3 is 10.1 Å². The van der Waals surface area contributed by atoms with E-state index in [0.717, 1.165) is 18.9 Å². The van der Waals surface area contributed by atoms with Crippen LogP contribution in [0.4, 0.5) is 14.5 Å². The van der Waals surface area contributed by atoms with Crippen LogP contribution in [0.15, 0.2) is 18.2 Å². The maximum absolute atomic E-state index is 13.4. The van der Waals surface area contributed by atoms with Gasteiger partial charge in [0.25, 0.3) is 0 Å². The highest BCUT2D eigenvalue weighted by Gasteiger charge is 2.20. The summed E-state index contributed by atoms with van der Waals surface area (Å²) in [4.78, 5) is 0. The first-order valence-electron chi connectivity index (χ1n) is 5.49. The molecule has 2 nitrogen and oxygen atoms in total. The van der Waals surface area contributed by atoms with Gasteiger partial charge >= 0.3 is 0 Å². The van der Waals surface area contributed by atoms with Crippen LogP contribution in [0.1, 0.15) is 19.8 Å². The van der Waals surface area contributed by atoms with Crippen LogP contribution in [0.3, 0.4) is 0 Å². The van der Waals surface area contributed by atoms with Gasteiger partial charge in [-0.2, -0.15) is 0 Å². The number of benzene rings is 1. The Hall–Kier alpha value is -1.16. The third-order valence-electron chi connectivity index (χ3n) is 2.80. The van der Waals surface area contributed by atoms with E-state index in [4.69, 9.17) is 4.74 Å². The molecule has 1 N–H and O–H groups in total.